The maximum absolute atomic E-state index is 13.0. The second-order valence-corrected chi connectivity index (χ2v) is 14.3. The first-order chi connectivity index (χ1) is 27.5. The molecule has 0 saturated carbocycles. The van der Waals surface area contributed by atoms with Gasteiger partial charge in [-0.2, -0.15) is 0 Å². The first-order valence-electron chi connectivity index (χ1n) is 18.8. The number of pyridine rings is 4. The Balaban J connectivity index is 0.000000174. The highest BCUT2D eigenvalue weighted by atomic mass is 16.4. The molecular formula is C39H47N11O7. The number of rotatable bonds is 8. The first-order valence-corrected chi connectivity index (χ1v) is 18.8. The molecule has 2 fully saturated rings. The molecule has 57 heavy (non-hydrogen) atoms. The zero-order valence-corrected chi connectivity index (χ0v) is 31.7. The van der Waals surface area contributed by atoms with E-state index in [-0.39, 0.29) is 67.2 Å². The largest absolute Gasteiger partial charge is 0.477 e. The lowest BCUT2D eigenvalue weighted by molar-refractivity contribution is 0.0690. The van der Waals surface area contributed by atoms with Gasteiger partial charge < -0.3 is 30.9 Å². The summed E-state index contributed by atoms with van der Waals surface area (Å²) in [6, 6.07) is 16.6. The third-order valence-electron chi connectivity index (χ3n) is 9.78. The summed E-state index contributed by atoms with van der Waals surface area (Å²) in [7, 11) is 0. The summed E-state index contributed by atoms with van der Waals surface area (Å²) in [6.45, 7) is 6.73. The van der Waals surface area contributed by atoms with Crippen LogP contribution in [-0.2, 0) is 0 Å². The van der Waals surface area contributed by atoms with Gasteiger partial charge in [0.25, 0.3) is 0 Å². The average Bonchev–Trinajstić information content (AvgIpc) is 3.84. The number of carbonyl (C=O) groups is 4. The fourth-order valence-corrected chi connectivity index (χ4v) is 6.92. The van der Waals surface area contributed by atoms with E-state index in [0.29, 0.717) is 29.0 Å². The molecule has 2 saturated heterocycles. The smallest absolute Gasteiger partial charge is 0.354 e. The summed E-state index contributed by atoms with van der Waals surface area (Å²) in [5, 5.41) is 32.0. The van der Waals surface area contributed by atoms with Crippen molar-refractivity contribution < 1.29 is 34.5 Å². The van der Waals surface area contributed by atoms with Crippen molar-refractivity contribution in [1.82, 2.24) is 19.9 Å². The van der Waals surface area contributed by atoms with Gasteiger partial charge in [0.2, 0.25) is 0 Å². The number of hydrogen-bond donors (Lipinski definition) is 6. The predicted molar refractivity (Wildman–Crippen MR) is 214 cm³/mol. The van der Waals surface area contributed by atoms with Crippen LogP contribution in [0.4, 0.5) is 44.2 Å². The Morgan fingerprint density at radius 1 is 0.737 bits per heavy atom. The van der Waals surface area contributed by atoms with Crippen molar-refractivity contribution in [3.05, 3.63) is 84.4 Å². The number of urea groups is 2. The summed E-state index contributed by atoms with van der Waals surface area (Å²) in [5.74, 6) is 0.422. The molecule has 18 heteroatoms. The Hall–Kier alpha value is -6.24. The zero-order valence-electron chi connectivity index (χ0n) is 31.7. The number of aromatic carboxylic acids is 1. The lowest BCUT2D eigenvalue weighted by atomic mass is 10.0. The molecule has 4 aliphatic rings. The van der Waals surface area contributed by atoms with Crippen LogP contribution in [0.25, 0.3) is 0 Å². The van der Waals surface area contributed by atoms with Gasteiger partial charge >= 0.3 is 18.0 Å². The summed E-state index contributed by atoms with van der Waals surface area (Å²) in [6.07, 6.45) is 5.09. The van der Waals surface area contributed by atoms with Crippen LogP contribution in [0.5, 0.6) is 0 Å². The minimum Gasteiger partial charge on any atom is -0.477 e. The highest BCUT2D eigenvalue weighted by Gasteiger charge is 2.42. The van der Waals surface area contributed by atoms with Crippen molar-refractivity contribution in [2.75, 3.05) is 69.6 Å². The third-order valence-corrected chi connectivity index (χ3v) is 9.78. The summed E-state index contributed by atoms with van der Waals surface area (Å²) < 4.78 is 0. The number of ketones is 1. The number of nitrogens with one attached hydrogen (secondary N) is 2. The second-order valence-electron chi connectivity index (χ2n) is 14.3. The summed E-state index contributed by atoms with van der Waals surface area (Å²) in [4.78, 5) is 74.1. The molecule has 4 aliphatic heterocycles. The Kier molecular flexibility index (Phi) is 12.9. The quantitative estimate of drug-likeness (QED) is 0.140. The standard InChI is InChI=1S/C20H23N5O3.C16H15N5O3.C3H9NO/c1-13(12-26)10-17(27)15-5-6-16-19(22-15)25(14-7-9-24(16)11-14)20(28)23-18-4-2-3-8-21-18;22-15(23)11-4-5-12-14(18-11)21(10-6-8-20(12)9-10)16(24)19-13-3-1-2-7-17-13;1-3(4)2-5/h2-6,8,13-14,26H,7,9-12H2,1H3,(H,21,23,28);1-5,7,10H,6,8-9H2,(H,22,23)(H,17,19,24);3,5H,2,4H2,1H3/t13-,14+;10-;3-/m100/s1. The maximum atomic E-state index is 13.0. The van der Waals surface area contributed by atoms with Crippen molar-refractivity contribution in [3.63, 3.8) is 0 Å². The molecule has 0 aliphatic carbocycles. The molecule has 8 heterocycles. The zero-order chi connectivity index (χ0) is 40.6. The molecule has 4 amide bonds. The highest BCUT2D eigenvalue weighted by molar-refractivity contribution is 6.06. The molecule has 300 valence electrons. The Bertz CT molecular complexity index is 2060. The fourth-order valence-electron chi connectivity index (χ4n) is 6.92. The van der Waals surface area contributed by atoms with Crippen molar-refractivity contribution in [1.29, 1.82) is 0 Å². The molecule has 0 spiro atoms. The van der Waals surface area contributed by atoms with Gasteiger partial charge in [-0.1, -0.05) is 19.1 Å². The number of carboxylic acids is 1. The number of anilines is 6. The fraction of sp³-hybridized carbons (Fsp3) is 0.385. The van der Waals surface area contributed by atoms with Crippen LogP contribution in [0.2, 0.25) is 0 Å². The molecule has 4 aromatic rings. The number of fused-ring (bicyclic) bond motifs is 8. The number of aliphatic hydroxyl groups is 2. The van der Waals surface area contributed by atoms with Crippen LogP contribution in [-0.4, -0.2) is 117 Å². The molecule has 8 rings (SSSR count). The van der Waals surface area contributed by atoms with Gasteiger partial charge in [-0.3, -0.25) is 25.2 Å². The predicted octanol–water partition coefficient (Wildman–Crippen LogP) is 3.44. The van der Waals surface area contributed by atoms with Gasteiger partial charge in [-0.25, -0.2) is 34.3 Å². The molecule has 4 atom stereocenters. The van der Waals surface area contributed by atoms with E-state index in [0.717, 1.165) is 50.4 Å². The van der Waals surface area contributed by atoms with E-state index in [1.165, 1.54) is 6.07 Å². The number of nitrogens with two attached hydrogens (primary N) is 1. The van der Waals surface area contributed by atoms with E-state index in [1.807, 2.05) is 13.0 Å². The molecule has 0 aromatic carbocycles. The highest BCUT2D eigenvalue weighted by Crippen LogP contribution is 2.40. The van der Waals surface area contributed by atoms with Gasteiger partial charge in [0, 0.05) is 57.6 Å². The average molecular weight is 782 g/mol. The minimum atomic E-state index is -1.11. The van der Waals surface area contributed by atoms with Crippen LogP contribution in [0.3, 0.4) is 0 Å². The molecule has 4 aromatic heterocycles. The Labute approximate surface area is 329 Å². The normalized spacial score (nSPS) is 18.1. The lowest BCUT2D eigenvalue weighted by Gasteiger charge is -2.35. The van der Waals surface area contributed by atoms with Gasteiger partial charge in [-0.15, -0.1) is 0 Å². The molecule has 4 bridgehead atoms. The number of amides is 4. The van der Waals surface area contributed by atoms with Gasteiger partial charge in [0.15, 0.2) is 23.1 Å². The van der Waals surface area contributed by atoms with Crippen molar-refractivity contribution in [2.24, 2.45) is 11.7 Å². The first kappa shape index (κ1) is 40.4. The van der Waals surface area contributed by atoms with Crippen LogP contribution >= 0.6 is 0 Å². The third kappa shape index (κ3) is 9.42. The Morgan fingerprint density at radius 3 is 1.63 bits per heavy atom. The van der Waals surface area contributed by atoms with Crippen LogP contribution in [0, 0.1) is 5.92 Å². The number of nitrogens with zero attached hydrogens (tertiary/aromatic N) is 8. The number of carbonyl (C=O) groups excluding carboxylic acids is 3. The van der Waals surface area contributed by atoms with E-state index in [1.54, 1.807) is 77.6 Å². The van der Waals surface area contributed by atoms with Crippen molar-refractivity contribution in [3.8, 4) is 0 Å². The Morgan fingerprint density at radius 2 is 1.21 bits per heavy atom. The number of aromatic nitrogens is 4. The second kappa shape index (κ2) is 18.1. The SMILES string of the molecule is C[C@@H](CO)CC(=O)c1ccc2c(n1)N(C(=O)Nc1ccccn1)[C@H]1CCN2C1.C[C@H](N)CO.O=C(O)c1ccc2c(n1)N(C(=O)Nc1ccccn1)[C@H]1CCN2C1. The number of hydrogen-bond acceptors (Lipinski definition) is 13. The molecule has 18 nitrogen and oxygen atoms in total. The van der Waals surface area contributed by atoms with E-state index in [9.17, 15) is 29.4 Å². The molecule has 0 unspecified atom stereocenters. The van der Waals surface area contributed by atoms with Crippen molar-refractivity contribution in [2.45, 2.75) is 51.2 Å². The van der Waals surface area contributed by atoms with Gasteiger partial charge in [-0.05, 0) is 74.2 Å². The van der Waals surface area contributed by atoms with Crippen LogP contribution in [0.15, 0.2) is 73.1 Å². The summed E-state index contributed by atoms with van der Waals surface area (Å²) in [5.41, 5.74) is 6.92. The van der Waals surface area contributed by atoms with Crippen LogP contribution < -0.4 is 36.0 Å². The van der Waals surface area contributed by atoms with Crippen LogP contribution in [0.1, 0.15) is 54.1 Å². The van der Waals surface area contributed by atoms with E-state index < -0.39 is 5.97 Å². The topological polar surface area (TPSA) is 244 Å². The van der Waals surface area contributed by atoms with E-state index in [4.69, 9.17) is 10.8 Å². The number of aliphatic hydroxyl groups excluding tert-OH is 2. The summed E-state index contributed by atoms with van der Waals surface area (Å²) >= 11 is 0. The van der Waals surface area contributed by atoms with Gasteiger partial charge in [0.1, 0.15) is 17.3 Å². The van der Waals surface area contributed by atoms with Gasteiger partial charge in [0.05, 0.1) is 30.1 Å². The molecule has 0 radical (unpaired) electrons. The maximum Gasteiger partial charge on any atom is 0.354 e. The molecule has 7 N–H and O–H groups in total. The van der Waals surface area contributed by atoms with E-state index in [2.05, 4.69) is 40.4 Å². The van der Waals surface area contributed by atoms with Crippen molar-refractivity contribution >= 4 is 58.5 Å². The number of carboxylic acid groups (broad SMARTS) is 1. The number of Topliss-reactive ketones (excluding diaryl/α,β-unsaturated/α-hetero) is 1. The molecular weight excluding hydrogens is 734 g/mol. The van der Waals surface area contributed by atoms with E-state index >= 15 is 0 Å². The minimum absolute atomic E-state index is 0.00503. The monoisotopic (exact) mass is 781 g/mol. The lowest BCUT2D eigenvalue weighted by Crippen LogP contribution is -2.48.